The topological polar surface area (TPSA) is 102 Å². The van der Waals surface area contributed by atoms with Gasteiger partial charge in [0.25, 0.3) is 5.56 Å². The smallest absolute Gasteiger partial charge is 0.315 e. The SMILES string of the molecule is CCOC(=O)C1CCC(CNC(=O)NC2CCc3nn(C)c(=O)cc3C2)CC1. The van der Waals surface area contributed by atoms with E-state index in [0.29, 0.717) is 25.5 Å². The van der Waals surface area contributed by atoms with Gasteiger partial charge >= 0.3 is 12.0 Å². The summed E-state index contributed by atoms with van der Waals surface area (Å²) in [6, 6.07) is 1.47. The van der Waals surface area contributed by atoms with Crippen molar-refractivity contribution >= 4 is 12.0 Å². The van der Waals surface area contributed by atoms with E-state index in [1.165, 1.54) is 4.68 Å². The predicted molar refractivity (Wildman–Crippen MR) is 104 cm³/mol. The molecule has 1 atom stereocenters. The number of amides is 2. The number of aromatic nitrogens is 2. The van der Waals surface area contributed by atoms with Crippen molar-refractivity contribution in [1.82, 2.24) is 20.4 Å². The van der Waals surface area contributed by atoms with Crippen molar-refractivity contribution in [3.05, 3.63) is 27.7 Å². The Balaban J connectivity index is 1.40. The maximum Gasteiger partial charge on any atom is 0.315 e. The molecule has 1 unspecified atom stereocenters. The van der Waals surface area contributed by atoms with Gasteiger partial charge in [-0.3, -0.25) is 9.59 Å². The van der Waals surface area contributed by atoms with Gasteiger partial charge in [-0.25, -0.2) is 9.48 Å². The summed E-state index contributed by atoms with van der Waals surface area (Å²) in [5.74, 6) is 0.318. The van der Waals surface area contributed by atoms with E-state index < -0.39 is 0 Å². The number of urea groups is 1. The molecule has 0 aromatic carbocycles. The van der Waals surface area contributed by atoms with Gasteiger partial charge in [-0.15, -0.1) is 0 Å². The minimum absolute atomic E-state index is 0.00801. The first-order valence-electron chi connectivity index (χ1n) is 10.2. The molecule has 1 fully saturated rings. The van der Waals surface area contributed by atoms with Gasteiger partial charge in [0, 0.05) is 25.7 Å². The highest BCUT2D eigenvalue weighted by molar-refractivity contribution is 5.74. The number of carbonyl (C=O) groups is 2. The zero-order valence-corrected chi connectivity index (χ0v) is 16.7. The molecular weight excluding hydrogens is 360 g/mol. The van der Waals surface area contributed by atoms with Crippen molar-refractivity contribution in [2.45, 2.75) is 57.9 Å². The van der Waals surface area contributed by atoms with Crippen LogP contribution in [0.25, 0.3) is 0 Å². The van der Waals surface area contributed by atoms with E-state index >= 15 is 0 Å². The monoisotopic (exact) mass is 390 g/mol. The van der Waals surface area contributed by atoms with E-state index in [1.807, 2.05) is 6.92 Å². The summed E-state index contributed by atoms with van der Waals surface area (Å²) < 4.78 is 6.45. The third-order valence-electron chi connectivity index (χ3n) is 5.81. The molecule has 3 rings (SSSR count). The molecule has 0 saturated heterocycles. The van der Waals surface area contributed by atoms with Crippen LogP contribution in [0.1, 0.15) is 50.3 Å². The molecule has 0 spiro atoms. The van der Waals surface area contributed by atoms with Crippen molar-refractivity contribution in [3.8, 4) is 0 Å². The molecule has 0 bridgehead atoms. The normalized spacial score (nSPS) is 24.1. The number of esters is 1. The zero-order chi connectivity index (χ0) is 20.1. The first-order valence-corrected chi connectivity index (χ1v) is 10.2. The van der Waals surface area contributed by atoms with Crippen LogP contribution < -0.4 is 16.2 Å². The molecule has 8 nitrogen and oxygen atoms in total. The molecule has 0 aliphatic heterocycles. The lowest BCUT2D eigenvalue weighted by atomic mass is 9.82. The summed E-state index contributed by atoms with van der Waals surface area (Å²) in [5.41, 5.74) is 1.75. The van der Waals surface area contributed by atoms with E-state index in [-0.39, 0.29) is 29.5 Å². The van der Waals surface area contributed by atoms with Crippen LogP contribution in [0.15, 0.2) is 10.9 Å². The van der Waals surface area contributed by atoms with E-state index in [1.54, 1.807) is 13.1 Å². The van der Waals surface area contributed by atoms with Gasteiger partial charge in [-0.05, 0) is 63.4 Å². The summed E-state index contributed by atoms with van der Waals surface area (Å²) in [7, 11) is 1.65. The van der Waals surface area contributed by atoms with E-state index in [4.69, 9.17) is 4.74 Å². The number of aryl methyl sites for hydroxylation is 2. The lowest BCUT2D eigenvalue weighted by Gasteiger charge is -2.28. The largest absolute Gasteiger partial charge is 0.466 e. The maximum absolute atomic E-state index is 12.3. The Morgan fingerprint density at radius 1 is 1.25 bits per heavy atom. The molecule has 0 radical (unpaired) electrons. The Kier molecular flexibility index (Phi) is 6.70. The van der Waals surface area contributed by atoms with E-state index in [9.17, 15) is 14.4 Å². The average Bonchev–Trinajstić information content (AvgIpc) is 2.68. The first-order chi connectivity index (χ1) is 13.5. The van der Waals surface area contributed by atoms with Crippen LogP contribution in [0.2, 0.25) is 0 Å². The summed E-state index contributed by atoms with van der Waals surface area (Å²) in [4.78, 5) is 35.8. The van der Waals surface area contributed by atoms with Gasteiger partial charge in [0.2, 0.25) is 0 Å². The fourth-order valence-corrected chi connectivity index (χ4v) is 4.15. The van der Waals surface area contributed by atoms with Crippen molar-refractivity contribution in [3.63, 3.8) is 0 Å². The molecular formula is C20H30N4O4. The fourth-order valence-electron chi connectivity index (χ4n) is 4.15. The lowest BCUT2D eigenvalue weighted by Crippen LogP contribution is -2.46. The lowest BCUT2D eigenvalue weighted by molar-refractivity contribution is -0.149. The van der Waals surface area contributed by atoms with Crippen LogP contribution in [-0.2, 0) is 29.4 Å². The molecule has 1 saturated carbocycles. The molecule has 2 aliphatic rings. The highest BCUT2D eigenvalue weighted by atomic mass is 16.5. The minimum atomic E-state index is -0.169. The Bertz CT molecular complexity index is 768. The van der Waals surface area contributed by atoms with Gasteiger partial charge in [0.05, 0.1) is 18.2 Å². The van der Waals surface area contributed by atoms with Crippen LogP contribution >= 0.6 is 0 Å². The Morgan fingerprint density at radius 2 is 2.00 bits per heavy atom. The highest BCUT2D eigenvalue weighted by Gasteiger charge is 2.28. The predicted octanol–water partition coefficient (Wildman–Crippen LogP) is 1.31. The van der Waals surface area contributed by atoms with Crippen molar-refractivity contribution in [1.29, 1.82) is 0 Å². The minimum Gasteiger partial charge on any atom is -0.466 e. The van der Waals surface area contributed by atoms with Gasteiger partial charge in [0.15, 0.2) is 0 Å². The van der Waals surface area contributed by atoms with E-state index in [2.05, 4.69) is 15.7 Å². The van der Waals surface area contributed by atoms with Gasteiger partial charge < -0.3 is 15.4 Å². The van der Waals surface area contributed by atoms with Crippen molar-refractivity contribution < 1.29 is 14.3 Å². The number of fused-ring (bicyclic) bond motifs is 1. The van der Waals surface area contributed by atoms with Crippen molar-refractivity contribution in [2.24, 2.45) is 18.9 Å². The van der Waals surface area contributed by atoms with Gasteiger partial charge in [0.1, 0.15) is 0 Å². The number of carbonyl (C=O) groups excluding carboxylic acids is 2. The number of rotatable bonds is 5. The second kappa shape index (κ2) is 9.21. The Morgan fingerprint density at radius 3 is 2.71 bits per heavy atom. The van der Waals surface area contributed by atoms with Crippen LogP contribution in [-0.4, -0.2) is 41.0 Å². The molecule has 2 N–H and O–H groups in total. The second-order valence-electron chi connectivity index (χ2n) is 7.84. The quantitative estimate of drug-likeness (QED) is 0.738. The molecule has 1 heterocycles. The van der Waals surface area contributed by atoms with Crippen LogP contribution in [0, 0.1) is 11.8 Å². The third kappa shape index (κ3) is 5.11. The zero-order valence-electron chi connectivity index (χ0n) is 16.7. The Labute approximate surface area is 165 Å². The molecule has 2 aliphatic carbocycles. The fraction of sp³-hybridized carbons (Fsp3) is 0.700. The molecule has 1 aromatic rings. The highest BCUT2D eigenvalue weighted by Crippen LogP contribution is 2.29. The molecule has 1 aromatic heterocycles. The standard InChI is InChI=1S/C20H30N4O4/c1-3-28-19(26)14-6-4-13(5-7-14)12-21-20(27)22-16-8-9-17-15(10-16)11-18(25)24(2)23-17/h11,13-14,16H,3-10,12H2,1-2H3,(H2,21,22,27). The number of nitrogens with zero attached hydrogens (tertiary/aromatic N) is 2. The molecule has 154 valence electrons. The van der Waals surface area contributed by atoms with Crippen LogP contribution in [0.4, 0.5) is 4.79 Å². The van der Waals surface area contributed by atoms with Crippen LogP contribution in [0.3, 0.4) is 0 Å². The summed E-state index contributed by atoms with van der Waals surface area (Å²) in [6.45, 7) is 2.87. The molecule has 2 amide bonds. The van der Waals surface area contributed by atoms with Crippen LogP contribution in [0.5, 0.6) is 0 Å². The van der Waals surface area contributed by atoms with Gasteiger partial charge in [-0.2, -0.15) is 5.10 Å². The number of ether oxygens (including phenoxy) is 1. The summed E-state index contributed by atoms with van der Waals surface area (Å²) in [6.07, 6.45) is 5.71. The second-order valence-corrected chi connectivity index (χ2v) is 7.84. The first kappa shape index (κ1) is 20.4. The van der Waals surface area contributed by atoms with Gasteiger partial charge in [-0.1, -0.05) is 0 Å². The van der Waals surface area contributed by atoms with E-state index in [0.717, 1.165) is 49.8 Å². The maximum atomic E-state index is 12.3. The average molecular weight is 390 g/mol. The summed E-state index contributed by atoms with van der Waals surface area (Å²) >= 11 is 0. The number of hydrogen-bond acceptors (Lipinski definition) is 5. The molecule has 28 heavy (non-hydrogen) atoms. The summed E-state index contributed by atoms with van der Waals surface area (Å²) in [5, 5.41) is 10.3. The number of nitrogens with one attached hydrogen (secondary N) is 2. The Hall–Kier alpha value is -2.38. The third-order valence-corrected chi connectivity index (χ3v) is 5.81. The number of hydrogen-bond donors (Lipinski definition) is 2. The molecule has 8 heteroatoms. The van der Waals surface area contributed by atoms with Crippen molar-refractivity contribution in [2.75, 3.05) is 13.2 Å².